The van der Waals surface area contributed by atoms with E-state index in [0.29, 0.717) is 18.9 Å². The van der Waals surface area contributed by atoms with E-state index < -0.39 is 48.5 Å². The predicted octanol–water partition coefficient (Wildman–Crippen LogP) is 0.902. The summed E-state index contributed by atoms with van der Waals surface area (Å²) in [6, 6.07) is -1.30. The van der Waals surface area contributed by atoms with Crippen molar-refractivity contribution in [2.75, 3.05) is 19.7 Å². The number of carbonyl (C=O) groups is 5. The van der Waals surface area contributed by atoms with E-state index in [1.807, 2.05) is 26.1 Å². The van der Waals surface area contributed by atoms with E-state index in [1.54, 1.807) is 0 Å². The van der Waals surface area contributed by atoms with Crippen LogP contribution in [0.15, 0.2) is 0 Å². The molecule has 0 bridgehead atoms. The van der Waals surface area contributed by atoms with E-state index in [9.17, 15) is 24.0 Å². The Kier molecular flexibility index (Phi) is 7.58. The van der Waals surface area contributed by atoms with Crippen LogP contribution in [-0.4, -0.2) is 60.0 Å². The van der Waals surface area contributed by atoms with Gasteiger partial charge in [0.2, 0.25) is 0 Å². The number of urea groups is 2. The van der Waals surface area contributed by atoms with Gasteiger partial charge in [0.25, 0.3) is 11.8 Å². The molecular formula is C19H30N4O6. The van der Waals surface area contributed by atoms with E-state index in [1.165, 1.54) is 0 Å². The fraction of sp³-hybridized carbons (Fsp3) is 0.737. The Morgan fingerprint density at radius 1 is 1.28 bits per heavy atom. The normalized spacial score (nSPS) is 23.9. The molecule has 1 saturated carbocycles. The zero-order valence-corrected chi connectivity index (χ0v) is 17.2. The molecule has 1 aliphatic carbocycles. The van der Waals surface area contributed by atoms with Gasteiger partial charge in [0.1, 0.15) is 12.1 Å². The first-order valence-electron chi connectivity index (χ1n) is 10.0. The second-order valence-electron chi connectivity index (χ2n) is 8.09. The highest BCUT2D eigenvalue weighted by atomic mass is 16.5. The van der Waals surface area contributed by atoms with E-state index in [-0.39, 0.29) is 5.92 Å². The van der Waals surface area contributed by atoms with Gasteiger partial charge in [-0.3, -0.25) is 24.6 Å². The molecule has 10 nitrogen and oxygen atoms in total. The van der Waals surface area contributed by atoms with Crippen molar-refractivity contribution in [2.24, 2.45) is 11.8 Å². The van der Waals surface area contributed by atoms with Gasteiger partial charge in [-0.25, -0.2) is 9.59 Å². The van der Waals surface area contributed by atoms with Gasteiger partial charge in [0, 0.05) is 6.54 Å². The van der Waals surface area contributed by atoms with Crippen LogP contribution in [0.5, 0.6) is 0 Å². The third kappa shape index (κ3) is 5.68. The van der Waals surface area contributed by atoms with Gasteiger partial charge in [-0.15, -0.1) is 0 Å². The molecule has 0 aromatic rings. The number of imide groups is 2. The third-order valence-corrected chi connectivity index (χ3v) is 5.41. The van der Waals surface area contributed by atoms with Crippen LogP contribution in [0.4, 0.5) is 9.59 Å². The van der Waals surface area contributed by atoms with E-state index in [2.05, 4.69) is 10.6 Å². The maximum Gasteiger partial charge on any atom is 0.326 e. The molecule has 10 heteroatoms. The second-order valence-corrected chi connectivity index (χ2v) is 8.09. The van der Waals surface area contributed by atoms with Gasteiger partial charge in [0.05, 0.1) is 0 Å². The standard InChI is InChI=1S/C19H30N4O6/c1-12(2)7-9-20-17(27)21-14(24)11-29-15(25)10-23-16(26)19(22-18(23)28)8-5-4-6-13(19)3/h12-13H,4-11H2,1-3H3,(H,22,28)(H2,20,21,24,27)/t13-,19-/m1/s1. The number of hydrogen-bond donors (Lipinski definition) is 3. The van der Waals surface area contributed by atoms with Crippen molar-refractivity contribution in [1.82, 2.24) is 20.9 Å². The van der Waals surface area contributed by atoms with Crippen LogP contribution in [-0.2, 0) is 19.1 Å². The Morgan fingerprint density at radius 2 is 2.00 bits per heavy atom. The fourth-order valence-corrected chi connectivity index (χ4v) is 3.64. The number of rotatable bonds is 7. The number of nitrogens with one attached hydrogen (secondary N) is 3. The van der Waals surface area contributed by atoms with E-state index in [4.69, 9.17) is 4.74 Å². The lowest BCUT2D eigenvalue weighted by Crippen LogP contribution is -2.54. The first-order valence-corrected chi connectivity index (χ1v) is 10.0. The average molecular weight is 410 g/mol. The summed E-state index contributed by atoms with van der Waals surface area (Å²) in [6.07, 6.45) is 3.95. The molecule has 2 aliphatic rings. The molecule has 2 rings (SSSR count). The van der Waals surface area contributed by atoms with Crippen molar-refractivity contribution in [3.63, 3.8) is 0 Å². The maximum absolute atomic E-state index is 12.8. The van der Waals surface area contributed by atoms with Crippen LogP contribution < -0.4 is 16.0 Å². The van der Waals surface area contributed by atoms with Gasteiger partial charge >= 0.3 is 18.0 Å². The molecule has 1 saturated heterocycles. The number of amides is 6. The van der Waals surface area contributed by atoms with Crippen LogP contribution in [0.25, 0.3) is 0 Å². The summed E-state index contributed by atoms with van der Waals surface area (Å²) >= 11 is 0. The van der Waals surface area contributed by atoms with Crippen LogP contribution >= 0.6 is 0 Å². The molecule has 0 aromatic heterocycles. The highest BCUT2D eigenvalue weighted by Crippen LogP contribution is 2.38. The molecule has 1 spiro atoms. The van der Waals surface area contributed by atoms with E-state index in [0.717, 1.165) is 30.6 Å². The van der Waals surface area contributed by atoms with Crippen LogP contribution in [0.3, 0.4) is 0 Å². The SMILES string of the molecule is CC(C)CCNC(=O)NC(=O)COC(=O)CN1C(=O)N[C@@]2(CCCC[C@H]2C)C1=O. The summed E-state index contributed by atoms with van der Waals surface area (Å²) in [5, 5.41) is 7.31. The Hall–Kier alpha value is -2.65. The minimum Gasteiger partial charge on any atom is -0.454 e. The topological polar surface area (TPSA) is 134 Å². The van der Waals surface area contributed by atoms with Crippen LogP contribution in [0.1, 0.15) is 52.9 Å². The van der Waals surface area contributed by atoms with Gasteiger partial charge < -0.3 is 15.4 Å². The van der Waals surface area contributed by atoms with Crippen molar-refractivity contribution in [3.05, 3.63) is 0 Å². The summed E-state index contributed by atoms with van der Waals surface area (Å²) < 4.78 is 4.80. The van der Waals surface area contributed by atoms with Crippen molar-refractivity contribution >= 4 is 29.8 Å². The smallest absolute Gasteiger partial charge is 0.326 e. The molecule has 0 aromatic carbocycles. The highest BCUT2D eigenvalue weighted by Gasteiger charge is 2.55. The Bertz CT molecular complexity index is 680. The molecule has 29 heavy (non-hydrogen) atoms. The molecule has 3 N–H and O–H groups in total. The van der Waals surface area contributed by atoms with E-state index >= 15 is 0 Å². The molecule has 0 unspecified atom stereocenters. The average Bonchev–Trinajstić information content (AvgIpc) is 2.87. The lowest BCUT2D eigenvalue weighted by molar-refractivity contribution is -0.151. The molecule has 6 amide bonds. The number of nitrogens with zero attached hydrogens (tertiary/aromatic N) is 1. The molecular weight excluding hydrogens is 380 g/mol. The minimum absolute atomic E-state index is 0.0197. The monoisotopic (exact) mass is 410 g/mol. The quantitative estimate of drug-likeness (QED) is 0.422. The second kappa shape index (κ2) is 9.71. The summed E-state index contributed by atoms with van der Waals surface area (Å²) in [7, 11) is 0. The first-order chi connectivity index (χ1) is 13.7. The van der Waals surface area contributed by atoms with Crippen molar-refractivity contribution in [1.29, 1.82) is 0 Å². The van der Waals surface area contributed by atoms with Crippen molar-refractivity contribution < 1.29 is 28.7 Å². The predicted molar refractivity (Wildman–Crippen MR) is 103 cm³/mol. The Labute approximate surface area is 170 Å². The van der Waals surface area contributed by atoms with Gasteiger partial charge in [0.15, 0.2) is 6.61 Å². The van der Waals surface area contributed by atoms with Gasteiger partial charge in [-0.2, -0.15) is 0 Å². The zero-order chi connectivity index (χ0) is 21.6. The Morgan fingerprint density at radius 3 is 2.66 bits per heavy atom. The maximum atomic E-state index is 12.8. The van der Waals surface area contributed by atoms with Gasteiger partial charge in [-0.05, 0) is 31.1 Å². The first kappa shape index (κ1) is 22.6. The summed E-state index contributed by atoms with van der Waals surface area (Å²) in [5.41, 5.74) is -0.957. The molecule has 162 valence electrons. The lowest BCUT2D eigenvalue weighted by atomic mass is 9.73. The molecule has 0 radical (unpaired) electrons. The van der Waals surface area contributed by atoms with Crippen LogP contribution in [0, 0.1) is 11.8 Å². The molecule has 1 aliphatic heterocycles. The molecule has 2 fully saturated rings. The largest absolute Gasteiger partial charge is 0.454 e. The zero-order valence-electron chi connectivity index (χ0n) is 17.2. The summed E-state index contributed by atoms with van der Waals surface area (Å²) in [6.45, 7) is 5.09. The minimum atomic E-state index is -0.957. The van der Waals surface area contributed by atoms with Crippen molar-refractivity contribution in [3.8, 4) is 0 Å². The van der Waals surface area contributed by atoms with Crippen molar-refractivity contribution in [2.45, 2.75) is 58.4 Å². The summed E-state index contributed by atoms with van der Waals surface area (Å²) in [5.74, 6) is -1.73. The number of hydrogen-bond acceptors (Lipinski definition) is 6. The molecule has 1 heterocycles. The Balaban J connectivity index is 1.77. The third-order valence-electron chi connectivity index (χ3n) is 5.41. The van der Waals surface area contributed by atoms with Gasteiger partial charge in [-0.1, -0.05) is 33.6 Å². The van der Waals surface area contributed by atoms with Crippen LogP contribution in [0.2, 0.25) is 0 Å². The highest BCUT2D eigenvalue weighted by molar-refractivity contribution is 6.09. The fourth-order valence-electron chi connectivity index (χ4n) is 3.64. The molecule has 2 atom stereocenters. The number of carbonyl (C=O) groups excluding carboxylic acids is 5. The number of ether oxygens (including phenoxy) is 1. The number of esters is 1. The lowest BCUT2D eigenvalue weighted by Gasteiger charge is -2.36. The summed E-state index contributed by atoms with van der Waals surface area (Å²) in [4.78, 5) is 61.1.